The lowest BCUT2D eigenvalue weighted by atomic mass is 10.0. The van der Waals surface area contributed by atoms with Crippen LogP contribution in [-0.4, -0.2) is 70.2 Å². The Hall–Kier alpha value is -3.21. The van der Waals surface area contributed by atoms with E-state index in [1.807, 2.05) is 18.2 Å². The number of hydrogen-bond donors (Lipinski definition) is 4. The highest BCUT2D eigenvalue weighted by molar-refractivity contribution is 6.34. The number of anilines is 1. The number of β-amino-alcohol motifs (C(OH)–C–C–N with tert-alkyl or cyclic N) is 1. The number of benzene rings is 1. The molecule has 1 aromatic heterocycles. The highest BCUT2D eigenvalue weighted by Gasteiger charge is 2.30. The molecular formula is C23H29ClN4O6. The molecule has 4 N–H and O–H groups in total. The predicted octanol–water partition coefficient (Wildman–Crippen LogP) is 2.16. The average Bonchev–Trinajstić information content (AvgIpc) is 2.76. The van der Waals surface area contributed by atoms with Crippen LogP contribution in [-0.2, 0) is 16.1 Å². The summed E-state index contributed by atoms with van der Waals surface area (Å²) in [6.07, 6.45) is 1.63. The second-order valence-electron chi connectivity index (χ2n) is 7.72. The van der Waals surface area contributed by atoms with Crippen molar-refractivity contribution < 1.29 is 29.3 Å². The van der Waals surface area contributed by atoms with Gasteiger partial charge in [-0.15, -0.1) is 0 Å². The van der Waals surface area contributed by atoms with Crippen molar-refractivity contribution in [1.29, 1.82) is 0 Å². The number of aliphatic carboxylic acids is 1. The average molecular weight is 493 g/mol. The van der Waals surface area contributed by atoms with Crippen LogP contribution >= 0.6 is 11.6 Å². The Morgan fingerprint density at radius 3 is 2.53 bits per heavy atom. The number of carbonyl (C=O) groups excluding carboxylic acids is 2. The Bertz CT molecular complexity index is 1000. The number of carboxylic acids is 1. The summed E-state index contributed by atoms with van der Waals surface area (Å²) in [5.74, 6) is -1.23. The molecule has 1 saturated heterocycles. The first-order chi connectivity index (χ1) is 16.1. The van der Waals surface area contributed by atoms with Gasteiger partial charge in [0.25, 0.3) is 11.9 Å². The number of nitrogens with zero attached hydrogens (tertiary/aromatic N) is 2. The number of carbonyl (C=O) groups is 3. The summed E-state index contributed by atoms with van der Waals surface area (Å²) in [5.41, 5.74) is 1.53. The number of amides is 2. The van der Waals surface area contributed by atoms with E-state index in [1.54, 1.807) is 6.20 Å². The van der Waals surface area contributed by atoms with Crippen LogP contribution in [0.3, 0.4) is 0 Å². The fourth-order valence-electron chi connectivity index (χ4n) is 3.46. The standard InChI is InChI=1S/C21H25ClN4O4.C2H4O2/c1-13(27)24-18-10-20(30-2)15(9-16(18)22)21(29)25-17-6-8-26(12-19(17)28)11-14-5-3-4-7-23-14;1-2(3)4/h3-5,7,9-10,17,19,28H,6,8,11-12H2,1-2H3,(H,24,27)(H,25,29);1H3,(H,3,4). The molecule has 2 atom stereocenters. The third kappa shape index (κ3) is 8.29. The highest BCUT2D eigenvalue weighted by Crippen LogP contribution is 2.31. The summed E-state index contributed by atoms with van der Waals surface area (Å²) in [7, 11) is 1.43. The van der Waals surface area contributed by atoms with Gasteiger partial charge in [-0.3, -0.25) is 24.3 Å². The first-order valence-corrected chi connectivity index (χ1v) is 10.9. The van der Waals surface area contributed by atoms with E-state index < -0.39 is 24.0 Å². The Morgan fingerprint density at radius 1 is 1.26 bits per heavy atom. The van der Waals surface area contributed by atoms with E-state index in [0.29, 0.717) is 25.2 Å². The van der Waals surface area contributed by atoms with Gasteiger partial charge in [-0.05, 0) is 24.6 Å². The fourth-order valence-corrected chi connectivity index (χ4v) is 3.67. The molecule has 11 heteroatoms. The van der Waals surface area contributed by atoms with Crippen LogP contribution in [0.2, 0.25) is 5.02 Å². The van der Waals surface area contributed by atoms with Gasteiger partial charge in [-0.2, -0.15) is 0 Å². The number of aromatic nitrogens is 1. The van der Waals surface area contributed by atoms with Gasteiger partial charge in [0, 0.05) is 45.7 Å². The topological polar surface area (TPSA) is 141 Å². The van der Waals surface area contributed by atoms with Crippen molar-refractivity contribution in [2.75, 3.05) is 25.5 Å². The van der Waals surface area contributed by atoms with Gasteiger partial charge in [0.05, 0.1) is 41.2 Å². The van der Waals surface area contributed by atoms with Crippen LogP contribution < -0.4 is 15.4 Å². The second kappa shape index (κ2) is 12.9. The minimum atomic E-state index is -0.833. The van der Waals surface area contributed by atoms with Gasteiger partial charge < -0.3 is 25.6 Å². The number of piperidine rings is 1. The zero-order valence-corrected chi connectivity index (χ0v) is 20.0. The third-order valence-electron chi connectivity index (χ3n) is 4.94. The van der Waals surface area contributed by atoms with Gasteiger partial charge in [-0.25, -0.2) is 0 Å². The van der Waals surface area contributed by atoms with Crippen LogP contribution in [0.25, 0.3) is 0 Å². The van der Waals surface area contributed by atoms with E-state index in [1.165, 1.54) is 26.2 Å². The zero-order chi connectivity index (χ0) is 25.3. The molecular weight excluding hydrogens is 464 g/mol. The number of aliphatic hydroxyl groups is 1. The minimum absolute atomic E-state index is 0.224. The van der Waals surface area contributed by atoms with E-state index in [-0.39, 0.29) is 22.2 Å². The zero-order valence-electron chi connectivity index (χ0n) is 19.2. The lowest BCUT2D eigenvalue weighted by Gasteiger charge is -2.36. The van der Waals surface area contributed by atoms with Crippen LogP contribution in [0.1, 0.15) is 36.3 Å². The summed E-state index contributed by atoms with van der Waals surface area (Å²) < 4.78 is 5.29. The summed E-state index contributed by atoms with van der Waals surface area (Å²) >= 11 is 6.20. The van der Waals surface area contributed by atoms with Crippen molar-refractivity contribution in [2.45, 2.75) is 39.0 Å². The molecule has 184 valence electrons. The first kappa shape index (κ1) is 27.0. The molecule has 2 heterocycles. The number of halogens is 1. The number of aliphatic hydroxyl groups excluding tert-OH is 1. The molecule has 2 aromatic rings. The van der Waals surface area contributed by atoms with Crippen molar-refractivity contribution in [3.63, 3.8) is 0 Å². The molecule has 1 aromatic carbocycles. The Balaban J connectivity index is 0.000000945. The van der Waals surface area contributed by atoms with E-state index in [9.17, 15) is 14.7 Å². The molecule has 1 aliphatic heterocycles. The predicted molar refractivity (Wildman–Crippen MR) is 127 cm³/mol. The third-order valence-corrected chi connectivity index (χ3v) is 5.25. The van der Waals surface area contributed by atoms with Crippen molar-refractivity contribution in [3.8, 4) is 5.75 Å². The number of carboxylic acid groups (broad SMARTS) is 1. The molecule has 1 aliphatic rings. The van der Waals surface area contributed by atoms with Crippen molar-refractivity contribution in [1.82, 2.24) is 15.2 Å². The fraction of sp³-hybridized carbons (Fsp3) is 0.391. The number of hydrogen-bond acceptors (Lipinski definition) is 7. The number of methoxy groups -OCH3 is 1. The normalized spacial score (nSPS) is 17.7. The van der Waals surface area contributed by atoms with E-state index in [2.05, 4.69) is 20.5 Å². The molecule has 10 nitrogen and oxygen atoms in total. The molecule has 34 heavy (non-hydrogen) atoms. The summed E-state index contributed by atoms with van der Waals surface area (Å²) in [4.78, 5) is 39.5. The summed E-state index contributed by atoms with van der Waals surface area (Å²) in [6.45, 7) is 4.25. The van der Waals surface area contributed by atoms with Crippen LogP contribution in [0.4, 0.5) is 5.69 Å². The SMILES string of the molecule is CC(=O)O.COc1cc(NC(C)=O)c(Cl)cc1C(=O)NC1CCN(Cc2ccccn2)CC1O. The Kier molecular flexibility index (Phi) is 10.2. The van der Waals surface area contributed by atoms with E-state index in [4.69, 9.17) is 26.2 Å². The van der Waals surface area contributed by atoms with Crippen LogP contribution in [0.15, 0.2) is 36.5 Å². The molecule has 0 bridgehead atoms. The maximum atomic E-state index is 12.8. The number of pyridine rings is 1. The van der Waals surface area contributed by atoms with Crippen molar-refractivity contribution >= 4 is 35.1 Å². The first-order valence-electron chi connectivity index (χ1n) is 10.6. The number of ether oxygens (including phenoxy) is 1. The Labute approximate surface area is 202 Å². The van der Waals surface area contributed by atoms with E-state index >= 15 is 0 Å². The molecule has 2 unspecified atom stereocenters. The molecule has 0 aliphatic carbocycles. The lowest BCUT2D eigenvalue weighted by Crippen LogP contribution is -2.53. The maximum Gasteiger partial charge on any atom is 0.300 e. The van der Waals surface area contributed by atoms with Gasteiger partial charge in [-0.1, -0.05) is 17.7 Å². The molecule has 1 fully saturated rings. The van der Waals surface area contributed by atoms with Crippen LogP contribution in [0, 0.1) is 0 Å². The van der Waals surface area contributed by atoms with Gasteiger partial charge in [0.15, 0.2) is 0 Å². The van der Waals surface area contributed by atoms with Gasteiger partial charge >= 0.3 is 0 Å². The largest absolute Gasteiger partial charge is 0.496 e. The quantitative estimate of drug-likeness (QED) is 0.480. The minimum Gasteiger partial charge on any atom is -0.496 e. The van der Waals surface area contributed by atoms with Crippen molar-refractivity contribution in [3.05, 3.63) is 52.8 Å². The number of rotatable bonds is 6. The second-order valence-corrected chi connectivity index (χ2v) is 8.13. The van der Waals surface area contributed by atoms with E-state index in [0.717, 1.165) is 19.2 Å². The molecule has 0 spiro atoms. The Morgan fingerprint density at radius 2 is 1.97 bits per heavy atom. The monoisotopic (exact) mass is 492 g/mol. The lowest BCUT2D eigenvalue weighted by molar-refractivity contribution is -0.134. The molecule has 0 radical (unpaired) electrons. The molecule has 0 saturated carbocycles. The highest BCUT2D eigenvalue weighted by atomic mass is 35.5. The smallest absolute Gasteiger partial charge is 0.300 e. The van der Waals surface area contributed by atoms with Crippen molar-refractivity contribution in [2.24, 2.45) is 0 Å². The number of nitrogens with one attached hydrogen (secondary N) is 2. The van der Waals surface area contributed by atoms with Crippen LogP contribution in [0.5, 0.6) is 5.75 Å². The maximum absolute atomic E-state index is 12.8. The summed E-state index contributed by atoms with van der Waals surface area (Å²) in [5, 5.41) is 23.7. The number of likely N-dealkylation sites (tertiary alicyclic amines) is 1. The molecule has 3 rings (SSSR count). The molecule has 2 amide bonds. The van der Waals surface area contributed by atoms with Gasteiger partial charge in [0.1, 0.15) is 5.75 Å². The van der Waals surface area contributed by atoms with Gasteiger partial charge in [0.2, 0.25) is 5.91 Å². The summed E-state index contributed by atoms with van der Waals surface area (Å²) in [6, 6.07) is 8.30.